The van der Waals surface area contributed by atoms with Crippen LogP contribution in [0.4, 0.5) is 0 Å². The maximum atomic E-state index is 12.4. The van der Waals surface area contributed by atoms with E-state index in [1.165, 1.54) is 11.1 Å². The third-order valence-corrected chi connectivity index (χ3v) is 4.89. The molecule has 4 heteroatoms. The van der Waals surface area contributed by atoms with Gasteiger partial charge >= 0.3 is 0 Å². The largest absolute Gasteiger partial charge is 0.335 e. The molecule has 2 heterocycles. The Hall–Kier alpha value is -1.65. The zero-order chi connectivity index (χ0) is 14.7. The number of carbonyl (C=O) groups is 1. The predicted octanol–water partition coefficient (Wildman–Crippen LogP) is 3.01. The van der Waals surface area contributed by atoms with Crippen molar-refractivity contribution in [3.8, 4) is 0 Å². The van der Waals surface area contributed by atoms with Crippen molar-refractivity contribution >= 4 is 17.2 Å². The van der Waals surface area contributed by atoms with Crippen molar-refractivity contribution in [1.82, 2.24) is 9.80 Å². The molecule has 2 aromatic rings. The van der Waals surface area contributed by atoms with Gasteiger partial charge in [-0.05, 0) is 29.5 Å². The van der Waals surface area contributed by atoms with Crippen LogP contribution in [0.3, 0.4) is 0 Å². The molecule has 0 saturated carbocycles. The van der Waals surface area contributed by atoms with Gasteiger partial charge in [0, 0.05) is 32.7 Å². The normalized spacial score (nSPS) is 16.1. The van der Waals surface area contributed by atoms with Crippen LogP contribution in [0.1, 0.15) is 20.8 Å². The molecule has 0 spiro atoms. The first-order valence-corrected chi connectivity index (χ1v) is 8.21. The summed E-state index contributed by atoms with van der Waals surface area (Å²) < 4.78 is 0. The highest BCUT2D eigenvalue weighted by Gasteiger charge is 2.22. The fraction of sp³-hybridized carbons (Fsp3) is 0.353. The van der Waals surface area contributed by atoms with Crippen molar-refractivity contribution in [3.05, 3.63) is 57.8 Å². The molecule has 21 heavy (non-hydrogen) atoms. The zero-order valence-corrected chi connectivity index (χ0v) is 13.1. The van der Waals surface area contributed by atoms with Gasteiger partial charge in [-0.3, -0.25) is 9.69 Å². The SMILES string of the molecule is Cc1csc(C(=O)N2CCN(Cc3ccccc3)CC2)c1. The molecule has 1 aromatic heterocycles. The van der Waals surface area contributed by atoms with Crippen molar-refractivity contribution in [1.29, 1.82) is 0 Å². The van der Waals surface area contributed by atoms with Crippen molar-refractivity contribution in [2.24, 2.45) is 0 Å². The summed E-state index contributed by atoms with van der Waals surface area (Å²) >= 11 is 1.55. The molecule has 3 rings (SSSR count). The van der Waals surface area contributed by atoms with Crippen LogP contribution in [-0.4, -0.2) is 41.9 Å². The molecule has 0 radical (unpaired) electrons. The van der Waals surface area contributed by atoms with Crippen molar-refractivity contribution in [2.45, 2.75) is 13.5 Å². The zero-order valence-electron chi connectivity index (χ0n) is 12.3. The van der Waals surface area contributed by atoms with Crippen molar-refractivity contribution < 1.29 is 4.79 Å². The lowest BCUT2D eigenvalue weighted by Gasteiger charge is -2.34. The average Bonchev–Trinajstić information content (AvgIpc) is 2.95. The van der Waals surface area contributed by atoms with Crippen LogP contribution in [0.15, 0.2) is 41.8 Å². The molecule has 1 aromatic carbocycles. The van der Waals surface area contributed by atoms with E-state index in [1.54, 1.807) is 11.3 Å². The molecule has 1 saturated heterocycles. The van der Waals surface area contributed by atoms with Crippen LogP contribution < -0.4 is 0 Å². The summed E-state index contributed by atoms with van der Waals surface area (Å²) in [5.41, 5.74) is 2.51. The van der Waals surface area contributed by atoms with Gasteiger partial charge in [-0.25, -0.2) is 0 Å². The van der Waals surface area contributed by atoms with Gasteiger partial charge in [0.15, 0.2) is 0 Å². The number of amides is 1. The molecule has 1 fully saturated rings. The molecule has 0 unspecified atom stereocenters. The van der Waals surface area contributed by atoms with Gasteiger partial charge < -0.3 is 4.90 Å². The van der Waals surface area contributed by atoms with Crippen LogP contribution in [0, 0.1) is 6.92 Å². The smallest absolute Gasteiger partial charge is 0.264 e. The van der Waals surface area contributed by atoms with Gasteiger partial charge in [-0.15, -0.1) is 11.3 Å². The Bertz CT molecular complexity index is 600. The van der Waals surface area contributed by atoms with Crippen molar-refractivity contribution in [3.63, 3.8) is 0 Å². The summed E-state index contributed by atoms with van der Waals surface area (Å²) in [6.07, 6.45) is 0. The lowest BCUT2D eigenvalue weighted by atomic mass is 10.2. The Balaban J connectivity index is 1.54. The number of nitrogens with zero attached hydrogens (tertiary/aromatic N) is 2. The Labute approximate surface area is 129 Å². The van der Waals surface area contributed by atoms with E-state index >= 15 is 0 Å². The second-order valence-corrected chi connectivity index (χ2v) is 6.45. The summed E-state index contributed by atoms with van der Waals surface area (Å²) in [5.74, 6) is 0.187. The summed E-state index contributed by atoms with van der Waals surface area (Å²) in [6.45, 7) is 6.55. The van der Waals surface area contributed by atoms with E-state index in [2.05, 4.69) is 29.2 Å². The fourth-order valence-electron chi connectivity index (χ4n) is 2.65. The van der Waals surface area contributed by atoms with Crippen molar-refractivity contribution in [2.75, 3.05) is 26.2 Å². The Morgan fingerprint density at radius 2 is 1.86 bits per heavy atom. The standard InChI is InChI=1S/C17H20N2OS/c1-14-11-16(21-13-14)17(20)19-9-7-18(8-10-19)12-15-5-3-2-4-6-15/h2-6,11,13H,7-10,12H2,1H3. The molecule has 1 aliphatic rings. The quantitative estimate of drug-likeness (QED) is 0.870. The minimum Gasteiger partial charge on any atom is -0.335 e. The number of benzene rings is 1. The number of piperazine rings is 1. The molecule has 1 amide bonds. The lowest BCUT2D eigenvalue weighted by molar-refractivity contribution is 0.0633. The number of rotatable bonds is 3. The molecule has 110 valence electrons. The van der Waals surface area contributed by atoms with Gasteiger partial charge in [0.1, 0.15) is 0 Å². The van der Waals surface area contributed by atoms with E-state index in [4.69, 9.17) is 0 Å². The Kier molecular flexibility index (Phi) is 4.36. The van der Waals surface area contributed by atoms with Crippen LogP contribution in [0.5, 0.6) is 0 Å². The minimum atomic E-state index is 0.187. The highest BCUT2D eigenvalue weighted by atomic mass is 32.1. The number of hydrogen-bond donors (Lipinski definition) is 0. The van der Waals surface area contributed by atoms with E-state index in [0.29, 0.717) is 0 Å². The fourth-order valence-corrected chi connectivity index (χ4v) is 3.51. The Morgan fingerprint density at radius 3 is 2.48 bits per heavy atom. The van der Waals surface area contributed by atoms with Crippen LogP contribution >= 0.6 is 11.3 Å². The number of hydrogen-bond acceptors (Lipinski definition) is 3. The Morgan fingerprint density at radius 1 is 1.14 bits per heavy atom. The molecule has 0 aliphatic carbocycles. The first-order chi connectivity index (χ1) is 10.2. The highest BCUT2D eigenvalue weighted by molar-refractivity contribution is 7.12. The topological polar surface area (TPSA) is 23.6 Å². The second kappa shape index (κ2) is 6.41. The molecule has 3 nitrogen and oxygen atoms in total. The van der Waals surface area contributed by atoms with E-state index in [1.807, 2.05) is 29.3 Å². The van der Waals surface area contributed by atoms with Crippen LogP contribution in [-0.2, 0) is 6.54 Å². The van der Waals surface area contributed by atoms with Gasteiger partial charge in [0.25, 0.3) is 5.91 Å². The molecule has 1 aliphatic heterocycles. The first kappa shape index (κ1) is 14.3. The number of carbonyl (C=O) groups excluding carboxylic acids is 1. The van der Waals surface area contributed by atoms with E-state index in [-0.39, 0.29) is 5.91 Å². The predicted molar refractivity (Wildman–Crippen MR) is 86.7 cm³/mol. The van der Waals surface area contributed by atoms with Gasteiger partial charge in [-0.1, -0.05) is 30.3 Å². The summed E-state index contributed by atoms with van der Waals surface area (Å²) in [6, 6.07) is 12.5. The third-order valence-electron chi connectivity index (χ3n) is 3.85. The summed E-state index contributed by atoms with van der Waals surface area (Å²) in [7, 11) is 0. The van der Waals surface area contributed by atoms with Crippen LogP contribution in [0.25, 0.3) is 0 Å². The van der Waals surface area contributed by atoms with E-state index in [0.717, 1.165) is 37.6 Å². The van der Waals surface area contributed by atoms with Crippen LogP contribution in [0.2, 0.25) is 0 Å². The molecule has 0 atom stereocenters. The minimum absolute atomic E-state index is 0.187. The maximum Gasteiger partial charge on any atom is 0.264 e. The molecule has 0 bridgehead atoms. The second-order valence-electron chi connectivity index (χ2n) is 5.54. The highest BCUT2D eigenvalue weighted by Crippen LogP contribution is 2.17. The number of thiophene rings is 1. The molecule has 0 N–H and O–H groups in total. The third kappa shape index (κ3) is 3.52. The first-order valence-electron chi connectivity index (χ1n) is 7.33. The average molecular weight is 300 g/mol. The maximum absolute atomic E-state index is 12.4. The monoisotopic (exact) mass is 300 g/mol. The number of aryl methyl sites for hydroxylation is 1. The lowest BCUT2D eigenvalue weighted by Crippen LogP contribution is -2.48. The van der Waals surface area contributed by atoms with E-state index < -0.39 is 0 Å². The van der Waals surface area contributed by atoms with Gasteiger partial charge in [-0.2, -0.15) is 0 Å². The summed E-state index contributed by atoms with van der Waals surface area (Å²) in [4.78, 5) is 17.7. The van der Waals surface area contributed by atoms with Gasteiger partial charge in [0.05, 0.1) is 4.88 Å². The van der Waals surface area contributed by atoms with E-state index in [9.17, 15) is 4.79 Å². The van der Waals surface area contributed by atoms with Gasteiger partial charge in [0.2, 0.25) is 0 Å². The molecular weight excluding hydrogens is 280 g/mol. The summed E-state index contributed by atoms with van der Waals surface area (Å²) in [5, 5.41) is 2.04. The molecular formula is C17H20N2OS.